The van der Waals surface area contributed by atoms with Crippen LogP contribution < -0.4 is 5.32 Å². The van der Waals surface area contributed by atoms with E-state index in [0.29, 0.717) is 12.4 Å². The molecule has 1 aromatic heterocycles. The van der Waals surface area contributed by atoms with Crippen molar-refractivity contribution in [2.75, 3.05) is 19.5 Å². The highest BCUT2D eigenvalue weighted by Crippen LogP contribution is 2.25. The highest BCUT2D eigenvalue weighted by Gasteiger charge is 2.10. The first-order valence-corrected chi connectivity index (χ1v) is 8.28. The molecule has 1 aromatic carbocycles. The maximum Gasteiger partial charge on any atom is 0.230 e. The fraction of sp³-hybridized carbons (Fsp3) is 0.412. The van der Waals surface area contributed by atoms with Gasteiger partial charge < -0.3 is 10.1 Å². The smallest absolute Gasteiger partial charge is 0.230 e. The fourth-order valence-electron chi connectivity index (χ4n) is 2.35. The van der Waals surface area contributed by atoms with E-state index in [2.05, 4.69) is 36.3 Å². The van der Waals surface area contributed by atoms with Gasteiger partial charge in [-0.1, -0.05) is 30.0 Å². The molecule has 5 heteroatoms. The third kappa shape index (κ3) is 4.21. The van der Waals surface area contributed by atoms with Crippen molar-refractivity contribution >= 4 is 28.6 Å². The number of fused-ring (bicyclic) bond motifs is 1. The van der Waals surface area contributed by atoms with Gasteiger partial charge in [-0.2, -0.15) is 0 Å². The summed E-state index contributed by atoms with van der Waals surface area (Å²) in [5.41, 5.74) is 3.35. The highest BCUT2D eigenvalue weighted by molar-refractivity contribution is 7.99. The first-order chi connectivity index (χ1) is 10.5. The van der Waals surface area contributed by atoms with Crippen molar-refractivity contribution in [3.63, 3.8) is 0 Å². The second kappa shape index (κ2) is 7.61. The number of benzene rings is 1. The molecule has 0 saturated heterocycles. The summed E-state index contributed by atoms with van der Waals surface area (Å²) in [6.45, 7) is 6.58. The number of pyridine rings is 1. The molecule has 22 heavy (non-hydrogen) atoms. The summed E-state index contributed by atoms with van der Waals surface area (Å²) in [4.78, 5) is 16.6. The molecule has 1 atom stereocenters. The van der Waals surface area contributed by atoms with Crippen molar-refractivity contribution in [2.45, 2.75) is 31.8 Å². The number of nitrogens with one attached hydrogen (secondary N) is 1. The van der Waals surface area contributed by atoms with E-state index >= 15 is 0 Å². The molecule has 0 unspecified atom stereocenters. The van der Waals surface area contributed by atoms with Gasteiger partial charge >= 0.3 is 0 Å². The molecule has 0 aliphatic heterocycles. The lowest BCUT2D eigenvalue weighted by atomic mass is 10.1. The molecule has 4 nitrogen and oxygen atoms in total. The normalized spacial score (nSPS) is 12.4. The van der Waals surface area contributed by atoms with Gasteiger partial charge in [0.25, 0.3) is 0 Å². The number of aryl methyl sites for hydroxylation is 2. The monoisotopic (exact) mass is 318 g/mol. The molecule has 0 aliphatic rings. The van der Waals surface area contributed by atoms with E-state index in [1.54, 1.807) is 7.11 Å². The largest absolute Gasteiger partial charge is 0.383 e. The second-order valence-electron chi connectivity index (χ2n) is 5.46. The fourth-order valence-corrected chi connectivity index (χ4v) is 3.13. The van der Waals surface area contributed by atoms with Crippen molar-refractivity contribution in [1.82, 2.24) is 10.3 Å². The number of carbonyl (C=O) groups excluding carboxylic acids is 1. The number of rotatable bonds is 6. The molecular weight excluding hydrogens is 296 g/mol. The highest BCUT2D eigenvalue weighted by atomic mass is 32.2. The average molecular weight is 318 g/mol. The van der Waals surface area contributed by atoms with Crippen LogP contribution in [0.2, 0.25) is 0 Å². The van der Waals surface area contributed by atoms with Crippen molar-refractivity contribution in [2.24, 2.45) is 0 Å². The van der Waals surface area contributed by atoms with E-state index in [1.165, 1.54) is 22.7 Å². The number of carbonyl (C=O) groups is 1. The number of hydrogen-bond acceptors (Lipinski definition) is 4. The zero-order chi connectivity index (χ0) is 16.1. The summed E-state index contributed by atoms with van der Waals surface area (Å²) < 4.78 is 5.01. The first kappa shape index (κ1) is 16.8. The van der Waals surface area contributed by atoms with E-state index < -0.39 is 0 Å². The van der Waals surface area contributed by atoms with Gasteiger partial charge in [0.1, 0.15) is 0 Å². The van der Waals surface area contributed by atoms with Crippen molar-refractivity contribution in [3.8, 4) is 0 Å². The van der Waals surface area contributed by atoms with E-state index in [0.717, 1.165) is 16.1 Å². The Labute approximate surface area is 135 Å². The minimum atomic E-state index is -0.00103. The van der Waals surface area contributed by atoms with Crippen LogP contribution in [-0.2, 0) is 9.53 Å². The van der Waals surface area contributed by atoms with Crippen LogP contribution in [0.15, 0.2) is 29.3 Å². The maximum absolute atomic E-state index is 11.9. The third-order valence-corrected chi connectivity index (χ3v) is 4.31. The summed E-state index contributed by atoms with van der Waals surface area (Å²) in [5, 5.41) is 4.95. The molecule has 1 amide bonds. The Balaban J connectivity index is 2.06. The minimum Gasteiger partial charge on any atom is -0.383 e. The van der Waals surface area contributed by atoms with Gasteiger partial charge in [0.15, 0.2) is 0 Å². The summed E-state index contributed by atoms with van der Waals surface area (Å²) in [6, 6.07) is 8.24. The standard InChI is InChI=1S/C17H22N2O2S/c1-11-6-5-7-14-12(2)8-16(19-17(11)14)22-10-15(20)18-13(3)9-21-4/h5-8,13H,9-10H2,1-4H3,(H,18,20)/t13-/m1/s1. The molecule has 0 aliphatic carbocycles. The Morgan fingerprint density at radius 1 is 1.36 bits per heavy atom. The number of thioether (sulfide) groups is 1. The topological polar surface area (TPSA) is 51.2 Å². The molecule has 2 aromatic rings. The number of amides is 1. The van der Waals surface area contributed by atoms with Crippen LogP contribution in [-0.4, -0.2) is 36.4 Å². The Kier molecular flexibility index (Phi) is 5.80. The molecule has 118 valence electrons. The van der Waals surface area contributed by atoms with Crippen molar-refractivity contribution in [3.05, 3.63) is 35.4 Å². The van der Waals surface area contributed by atoms with Gasteiger partial charge in [0, 0.05) is 18.5 Å². The third-order valence-electron chi connectivity index (χ3n) is 3.40. The number of ether oxygens (including phenoxy) is 1. The average Bonchev–Trinajstić information content (AvgIpc) is 2.46. The molecule has 0 fully saturated rings. The lowest BCUT2D eigenvalue weighted by Gasteiger charge is -2.12. The van der Waals surface area contributed by atoms with E-state index in [4.69, 9.17) is 4.74 Å². The van der Waals surface area contributed by atoms with Crippen LogP contribution >= 0.6 is 11.8 Å². The Hall–Kier alpha value is -1.59. The predicted molar refractivity (Wildman–Crippen MR) is 91.4 cm³/mol. The molecular formula is C17H22N2O2S. The zero-order valence-electron chi connectivity index (χ0n) is 13.5. The molecule has 0 saturated carbocycles. The van der Waals surface area contributed by atoms with Gasteiger partial charge in [-0.3, -0.25) is 4.79 Å². The zero-order valence-corrected chi connectivity index (χ0v) is 14.3. The lowest BCUT2D eigenvalue weighted by molar-refractivity contribution is -0.119. The van der Waals surface area contributed by atoms with E-state index in [9.17, 15) is 4.79 Å². The molecule has 0 bridgehead atoms. The number of methoxy groups -OCH3 is 1. The minimum absolute atomic E-state index is 0.00103. The van der Waals surface area contributed by atoms with Crippen LogP contribution in [0.1, 0.15) is 18.1 Å². The van der Waals surface area contributed by atoms with Crippen LogP contribution in [0.5, 0.6) is 0 Å². The van der Waals surface area contributed by atoms with Crippen molar-refractivity contribution < 1.29 is 9.53 Å². The summed E-state index contributed by atoms with van der Waals surface area (Å²) in [5.74, 6) is 0.358. The quantitative estimate of drug-likeness (QED) is 0.832. The van der Waals surface area contributed by atoms with Crippen LogP contribution in [0.3, 0.4) is 0 Å². The lowest BCUT2D eigenvalue weighted by Crippen LogP contribution is -2.36. The van der Waals surface area contributed by atoms with E-state index in [1.807, 2.05) is 19.1 Å². The van der Waals surface area contributed by atoms with Crippen LogP contribution in [0, 0.1) is 13.8 Å². The summed E-state index contributed by atoms with van der Waals surface area (Å²) in [7, 11) is 1.63. The van der Waals surface area contributed by atoms with Crippen LogP contribution in [0.4, 0.5) is 0 Å². The summed E-state index contributed by atoms with van der Waals surface area (Å²) in [6.07, 6.45) is 0. The number of aromatic nitrogens is 1. The second-order valence-corrected chi connectivity index (χ2v) is 6.46. The maximum atomic E-state index is 11.9. The number of para-hydroxylation sites is 1. The predicted octanol–water partition coefficient (Wildman–Crippen LogP) is 3.09. The van der Waals surface area contributed by atoms with Gasteiger partial charge in [-0.05, 0) is 38.0 Å². The molecule has 1 heterocycles. The Morgan fingerprint density at radius 2 is 2.14 bits per heavy atom. The van der Waals surface area contributed by atoms with Gasteiger partial charge in [-0.25, -0.2) is 4.98 Å². The molecule has 1 N–H and O–H groups in total. The van der Waals surface area contributed by atoms with Crippen LogP contribution in [0.25, 0.3) is 10.9 Å². The summed E-state index contributed by atoms with van der Waals surface area (Å²) >= 11 is 1.46. The van der Waals surface area contributed by atoms with E-state index in [-0.39, 0.29) is 11.9 Å². The molecule has 2 rings (SSSR count). The SMILES string of the molecule is COC[C@@H](C)NC(=O)CSc1cc(C)c2cccc(C)c2n1. The molecule has 0 spiro atoms. The molecule has 0 radical (unpaired) electrons. The van der Waals surface area contributed by atoms with Gasteiger partial charge in [0.2, 0.25) is 5.91 Å². The van der Waals surface area contributed by atoms with Gasteiger partial charge in [0.05, 0.1) is 22.9 Å². The number of nitrogens with zero attached hydrogens (tertiary/aromatic N) is 1. The number of hydrogen-bond donors (Lipinski definition) is 1. The Bertz CT molecular complexity index is 673. The Morgan fingerprint density at radius 3 is 2.86 bits per heavy atom. The van der Waals surface area contributed by atoms with Crippen molar-refractivity contribution in [1.29, 1.82) is 0 Å². The van der Waals surface area contributed by atoms with Gasteiger partial charge in [-0.15, -0.1) is 0 Å². The first-order valence-electron chi connectivity index (χ1n) is 7.29.